The van der Waals surface area contributed by atoms with Crippen LogP contribution < -0.4 is 9.13 Å². The summed E-state index contributed by atoms with van der Waals surface area (Å²) >= 11 is 0. The van der Waals surface area contributed by atoms with Crippen LogP contribution in [-0.2, 0) is 40.3 Å². The maximum Gasteiger partial charge on any atom is 0.448 e. The number of benzene rings is 3. The first-order valence-corrected chi connectivity index (χ1v) is 17.7. The summed E-state index contributed by atoms with van der Waals surface area (Å²) in [5, 5.41) is 30.4. The second-order valence-electron chi connectivity index (χ2n) is 12.2. The zero-order chi connectivity index (χ0) is 40.1. The van der Waals surface area contributed by atoms with Crippen molar-refractivity contribution >= 4 is 31.6 Å². The van der Waals surface area contributed by atoms with E-state index in [1.807, 2.05) is 55.5 Å². The summed E-state index contributed by atoms with van der Waals surface area (Å²) in [5.74, 6) is -0.0941. The van der Waals surface area contributed by atoms with E-state index in [9.17, 15) is 14.4 Å². The van der Waals surface area contributed by atoms with Gasteiger partial charge in [0.1, 0.15) is 18.2 Å². The van der Waals surface area contributed by atoms with Gasteiger partial charge < -0.3 is 39.7 Å². The number of rotatable bonds is 12. The van der Waals surface area contributed by atoms with Gasteiger partial charge in [0.15, 0.2) is 43.7 Å². The topological polar surface area (TPSA) is 149 Å². The minimum atomic E-state index is -1.17. The van der Waals surface area contributed by atoms with Crippen molar-refractivity contribution in [1.29, 1.82) is 0 Å². The molecule has 300 valence electrons. The number of ether oxygens (including phenoxy) is 1. The highest BCUT2D eigenvalue weighted by atomic mass is 16.5. The Morgan fingerprint density at radius 3 is 1.18 bits per heavy atom. The number of hydrogen-bond acceptors (Lipinski definition) is 8. The van der Waals surface area contributed by atoms with Gasteiger partial charge in [-0.05, 0) is 57.7 Å². The van der Waals surface area contributed by atoms with E-state index in [0.717, 1.165) is 24.2 Å². The molecule has 2 aromatic heterocycles. The molecule has 4 N–H and O–H groups in total. The molecule has 0 aliphatic carbocycles. The van der Waals surface area contributed by atoms with Gasteiger partial charge in [-0.15, -0.1) is 0 Å². The van der Waals surface area contributed by atoms with Crippen molar-refractivity contribution in [2.45, 2.75) is 60.3 Å². The lowest BCUT2D eigenvalue weighted by atomic mass is 9.98. The number of aromatic nitrogens is 2. The first-order chi connectivity index (χ1) is 25.8. The molecule has 2 heterocycles. The molecule has 0 atom stereocenters. The van der Waals surface area contributed by atoms with Crippen molar-refractivity contribution in [3.8, 4) is 0 Å². The summed E-state index contributed by atoms with van der Waals surface area (Å²) in [6, 6.07) is 38.4. The van der Waals surface area contributed by atoms with E-state index in [1.54, 1.807) is 18.2 Å². The maximum absolute atomic E-state index is 12.0. The van der Waals surface area contributed by atoms with Crippen LogP contribution in [0.2, 0.25) is 13.6 Å². The van der Waals surface area contributed by atoms with Crippen molar-refractivity contribution in [2.75, 3.05) is 13.2 Å². The van der Waals surface area contributed by atoms with Crippen LogP contribution >= 0.6 is 0 Å². The molecular weight excluding hydrogens is 706 g/mol. The highest BCUT2D eigenvalue weighted by molar-refractivity contribution is 6.39. The monoisotopic (exact) mass is 766 g/mol. The molecule has 0 unspecified atom stereocenters. The standard InChI is InChI=1S/C16H20O4.2C12H12N.2CH5BO2.2CH3/c1-4-20-10-16(19)15-8-13(5-11(2)17)7-14(9-15)6-12(3)18;2*1-3-7-12(8-4-1)11-13-9-5-2-6-10-13;2*1-2(3)4;;/h7-9H,4-6,10H2,1-3H3;2*1-10H,11H2;2*3-4H,1H3;2*1H3/q;2*+1;;;2*-1. The summed E-state index contributed by atoms with van der Waals surface area (Å²) in [4.78, 5) is 34.4. The van der Waals surface area contributed by atoms with Crippen LogP contribution in [-0.4, -0.2) is 64.9 Å². The molecular formula is C44H60B2N2O8. The average molecular weight is 767 g/mol. The lowest BCUT2D eigenvalue weighted by Crippen LogP contribution is -2.32. The number of carbonyl (C=O) groups is 3. The van der Waals surface area contributed by atoms with Gasteiger partial charge in [0.2, 0.25) is 0 Å². The van der Waals surface area contributed by atoms with Crippen LogP contribution in [0.3, 0.4) is 0 Å². The zero-order valence-corrected chi connectivity index (χ0v) is 34.0. The molecule has 0 saturated carbocycles. The van der Waals surface area contributed by atoms with E-state index in [-0.39, 0.29) is 51.7 Å². The molecule has 12 heteroatoms. The van der Waals surface area contributed by atoms with Crippen LogP contribution in [0.1, 0.15) is 53.4 Å². The summed E-state index contributed by atoms with van der Waals surface area (Å²) in [7, 11) is -2.33. The Kier molecular flexibility index (Phi) is 30.5. The average Bonchev–Trinajstić information content (AvgIpc) is 3.12. The lowest BCUT2D eigenvalue weighted by Gasteiger charge is -2.08. The van der Waals surface area contributed by atoms with Gasteiger partial charge >= 0.3 is 14.2 Å². The van der Waals surface area contributed by atoms with E-state index in [1.165, 1.54) is 38.6 Å². The fraction of sp³-hybridized carbons (Fsp3) is 0.250. The molecule has 0 saturated heterocycles. The summed E-state index contributed by atoms with van der Waals surface area (Å²) in [5.41, 5.74) is 4.68. The first kappa shape index (κ1) is 53.0. The molecule has 5 rings (SSSR count). The Bertz CT molecular complexity index is 1550. The molecule has 0 amide bonds. The Hall–Kier alpha value is -5.10. The van der Waals surface area contributed by atoms with Crippen molar-refractivity contribution in [1.82, 2.24) is 0 Å². The normalized spacial score (nSPS) is 9.23. The largest absolute Gasteiger partial charge is 0.448 e. The zero-order valence-electron chi connectivity index (χ0n) is 34.0. The molecule has 0 spiro atoms. The second kappa shape index (κ2) is 32.2. The van der Waals surface area contributed by atoms with E-state index >= 15 is 0 Å². The number of ketones is 3. The smallest absolute Gasteiger partial charge is 0.427 e. The molecule has 5 aromatic rings. The van der Waals surface area contributed by atoms with Crippen LogP contribution in [0.5, 0.6) is 0 Å². The molecule has 0 aliphatic heterocycles. The van der Waals surface area contributed by atoms with Gasteiger partial charge in [0, 0.05) is 60.4 Å². The lowest BCUT2D eigenvalue weighted by molar-refractivity contribution is -0.688. The Morgan fingerprint density at radius 1 is 0.554 bits per heavy atom. The molecule has 0 fully saturated rings. The minimum Gasteiger partial charge on any atom is -0.427 e. The first-order valence-electron chi connectivity index (χ1n) is 17.7. The van der Waals surface area contributed by atoms with Gasteiger partial charge in [-0.25, -0.2) is 9.13 Å². The fourth-order valence-electron chi connectivity index (χ4n) is 4.65. The van der Waals surface area contributed by atoms with Gasteiger partial charge in [0.25, 0.3) is 0 Å². The molecule has 10 nitrogen and oxygen atoms in total. The maximum atomic E-state index is 12.0. The summed E-state index contributed by atoms with van der Waals surface area (Å²) in [6.07, 6.45) is 8.83. The van der Waals surface area contributed by atoms with Gasteiger partial charge in [-0.3, -0.25) is 14.4 Å². The second-order valence-corrected chi connectivity index (χ2v) is 12.2. The van der Waals surface area contributed by atoms with Gasteiger partial charge in [0.05, 0.1) is 0 Å². The third-order valence-corrected chi connectivity index (χ3v) is 6.69. The van der Waals surface area contributed by atoms with Crippen molar-refractivity contribution in [3.05, 3.63) is 183 Å². The predicted octanol–water partition coefficient (Wildman–Crippen LogP) is 5.29. The number of Topliss-reactive ketones (excluding diaryl/α,β-unsaturated/α-hetero) is 3. The molecule has 56 heavy (non-hydrogen) atoms. The molecule has 0 aliphatic rings. The number of nitrogens with zero attached hydrogens (tertiary/aromatic N) is 2. The molecule has 0 radical (unpaired) electrons. The van der Waals surface area contributed by atoms with E-state index in [4.69, 9.17) is 24.8 Å². The third-order valence-electron chi connectivity index (χ3n) is 6.69. The Labute approximate surface area is 335 Å². The summed E-state index contributed by atoms with van der Waals surface area (Å²) < 4.78 is 9.43. The van der Waals surface area contributed by atoms with Crippen molar-refractivity contribution in [2.24, 2.45) is 0 Å². The van der Waals surface area contributed by atoms with Crippen LogP contribution in [0, 0.1) is 14.9 Å². The predicted molar refractivity (Wildman–Crippen MR) is 225 cm³/mol. The highest BCUT2D eigenvalue weighted by Crippen LogP contribution is 2.14. The van der Waals surface area contributed by atoms with Gasteiger partial charge in [-0.2, -0.15) is 0 Å². The van der Waals surface area contributed by atoms with Crippen molar-refractivity contribution in [3.63, 3.8) is 0 Å². The quantitative estimate of drug-likeness (QED) is 0.0580. The van der Waals surface area contributed by atoms with E-state index in [0.29, 0.717) is 12.2 Å². The van der Waals surface area contributed by atoms with Crippen LogP contribution in [0.25, 0.3) is 0 Å². The Balaban J connectivity index is 0. The van der Waals surface area contributed by atoms with E-state index < -0.39 is 14.2 Å². The van der Waals surface area contributed by atoms with Gasteiger partial charge in [-0.1, -0.05) is 78.9 Å². The third kappa shape index (κ3) is 28.4. The SMILES string of the molecule is CB(O)O.CB(O)O.CCOCC(=O)c1cc(CC(C)=O)cc(CC(C)=O)c1.[CH3-].[CH3-].c1ccc(C[n+]2ccccc2)cc1.c1ccc(C[n+]2ccccc2)cc1. The van der Waals surface area contributed by atoms with E-state index in [2.05, 4.69) is 82.5 Å². The number of carbonyl (C=O) groups excluding carboxylic acids is 3. The highest BCUT2D eigenvalue weighted by Gasteiger charge is 2.11. The number of pyridine rings is 2. The molecule has 0 bridgehead atoms. The Morgan fingerprint density at radius 2 is 0.875 bits per heavy atom. The molecule has 3 aromatic carbocycles. The number of hydrogen-bond donors (Lipinski definition) is 4. The summed E-state index contributed by atoms with van der Waals surface area (Å²) in [6.45, 7) is 9.75. The minimum absolute atomic E-state index is 0. The van der Waals surface area contributed by atoms with Crippen LogP contribution in [0.4, 0.5) is 0 Å². The van der Waals surface area contributed by atoms with Crippen LogP contribution in [0.15, 0.2) is 140 Å². The fourth-order valence-corrected chi connectivity index (χ4v) is 4.65. The van der Waals surface area contributed by atoms with Crippen molar-refractivity contribution < 1.29 is 48.4 Å².